The Morgan fingerprint density at radius 3 is 2.48 bits per heavy atom. The fraction of sp³-hybridized carbons (Fsp3) is 0.0909. The van der Waals surface area contributed by atoms with Gasteiger partial charge < -0.3 is 0 Å². The van der Waals surface area contributed by atoms with Crippen LogP contribution < -0.4 is 4.72 Å². The minimum absolute atomic E-state index is 0.0199. The maximum absolute atomic E-state index is 14.7. The van der Waals surface area contributed by atoms with Crippen molar-refractivity contribution in [3.63, 3.8) is 0 Å². The summed E-state index contributed by atoms with van der Waals surface area (Å²) in [6.45, 7) is 1.64. The molecular weight excluding hydrogens is 439 g/mol. The van der Waals surface area contributed by atoms with Gasteiger partial charge in [0.1, 0.15) is 10.7 Å². The van der Waals surface area contributed by atoms with Gasteiger partial charge in [0, 0.05) is 16.8 Å². The Morgan fingerprint density at radius 1 is 1.06 bits per heavy atom. The predicted octanol–water partition coefficient (Wildman–Crippen LogP) is 4.44. The molecule has 1 atom stereocenters. The van der Waals surface area contributed by atoms with Crippen molar-refractivity contribution in [1.29, 1.82) is 0 Å². The SMILES string of the molecule is Cc1c(S(=O)(=O)NC(c2ccccc2)c2ccc(Cl)cc2F)cnn1-c1ccccn1. The molecule has 6 nitrogen and oxygen atoms in total. The molecule has 0 fully saturated rings. The van der Waals surface area contributed by atoms with Crippen LogP contribution in [-0.4, -0.2) is 23.2 Å². The molecule has 1 unspecified atom stereocenters. The van der Waals surface area contributed by atoms with Crippen molar-refractivity contribution in [2.24, 2.45) is 0 Å². The van der Waals surface area contributed by atoms with Crippen molar-refractivity contribution in [1.82, 2.24) is 19.5 Å². The molecule has 4 rings (SSSR count). The molecule has 2 heterocycles. The number of halogens is 2. The number of hydrogen-bond donors (Lipinski definition) is 1. The minimum Gasteiger partial charge on any atom is -0.237 e. The zero-order valence-electron chi connectivity index (χ0n) is 16.4. The average Bonchev–Trinajstić information content (AvgIpc) is 3.16. The Balaban J connectivity index is 1.76. The van der Waals surface area contributed by atoms with Crippen LogP contribution in [0.5, 0.6) is 0 Å². The van der Waals surface area contributed by atoms with Crippen molar-refractivity contribution in [3.05, 3.63) is 107 Å². The van der Waals surface area contributed by atoms with Gasteiger partial charge >= 0.3 is 0 Å². The molecule has 2 aromatic heterocycles. The molecular formula is C22H18ClFN4O2S. The predicted molar refractivity (Wildman–Crippen MR) is 116 cm³/mol. The Morgan fingerprint density at radius 2 is 1.81 bits per heavy atom. The summed E-state index contributed by atoms with van der Waals surface area (Å²) in [6, 6.07) is 17.2. The van der Waals surface area contributed by atoms with E-state index in [1.807, 2.05) is 0 Å². The van der Waals surface area contributed by atoms with Gasteiger partial charge in [-0.1, -0.05) is 54.1 Å². The fourth-order valence-corrected chi connectivity index (χ4v) is 4.80. The van der Waals surface area contributed by atoms with E-state index in [-0.39, 0.29) is 15.5 Å². The molecule has 0 saturated carbocycles. The molecule has 0 aliphatic heterocycles. The highest BCUT2D eigenvalue weighted by atomic mass is 35.5. The van der Waals surface area contributed by atoms with Crippen LogP contribution in [0.4, 0.5) is 4.39 Å². The average molecular weight is 457 g/mol. The Hall–Kier alpha value is -3.07. The molecule has 31 heavy (non-hydrogen) atoms. The summed E-state index contributed by atoms with van der Waals surface area (Å²) in [6.07, 6.45) is 2.85. The zero-order chi connectivity index (χ0) is 22.0. The third-order valence-corrected chi connectivity index (χ3v) is 6.56. The Bertz CT molecular complexity index is 1310. The highest BCUT2D eigenvalue weighted by Gasteiger charge is 2.28. The van der Waals surface area contributed by atoms with Crippen LogP contribution in [0.1, 0.15) is 22.9 Å². The smallest absolute Gasteiger partial charge is 0.237 e. The van der Waals surface area contributed by atoms with Crippen LogP contribution in [0.25, 0.3) is 5.82 Å². The first kappa shape index (κ1) is 21.2. The second kappa shape index (κ2) is 8.58. The van der Waals surface area contributed by atoms with E-state index in [2.05, 4.69) is 14.8 Å². The van der Waals surface area contributed by atoms with Crippen LogP contribution in [0.3, 0.4) is 0 Å². The number of nitrogens with zero attached hydrogens (tertiary/aromatic N) is 3. The molecule has 0 radical (unpaired) electrons. The van der Waals surface area contributed by atoms with Gasteiger partial charge in [-0.25, -0.2) is 22.5 Å². The van der Waals surface area contributed by atoms with Gasteiger partial charge in [0.05, 0.1) is 17.9 Å². The summed E-state index contributed by atoms with van der Waals surface area (Å²) >= 11 is 5.88. The molecule has 0 amide bonds. The molecule has 1 N–H and O–H groups in total. The van der Waals surface area contributed by atoms with Crippen LogP contribution in [0.2, 0.25) is 5.02 Å². The van der Waals surface area contributed by atoms with Crippen LogP contribution in [-0.2, 0) is 10.0 Å². The lowest BCUT2D eigenvalue weighted by Crippen LogP contribution is -2.30. The maximum atomic E-state index is 14.7. The van der Waals surface area contributed by atoms with E-state index in [9.17, 15) is 12.8 Å². The summed E-state index contributed by atoms with van der Waals surface area (Å²) in [4.78, 5) is 4.18. The molecule has 0 aliphatic rings. The molecule has 9 heteroatoms. The van der Waals surface area contributed by atoms with Crippen LogP contribution in [0, 0.1) is 12.7 Å². The van der Waals surface area contributed by atoms with E-state index in [1.165, 1.54) is 23.0 Å². The molecule has 0 saturated heterocycles. The first-order valence-electron chi connectivity index (χ1n) is 9.35. The van der Waals surface area contributed by atoms with Crippen LogP contribution >= 0.6 is 11.6 Å². The van der Waals surface area contributed by atoms with E-state index in [4.69, 9.17) is 11.6 Å². The largest absolute Gasteiger partial charge is 0.244 e. The Kier molecular flexibility index (Phi) is 5.86. The van der Waals surface area contributed by atoms with E-state index >= 15 is 0 Å². The van der Waals surface area contributed by atoms with Crippen molar-refractivity contribution in [3.8, 4) is 5.82 Å². The van der Waals surface area contributed by atoms with Gasteiger partial charge in [-0.15, -0.1) is 0 Å². The monoisotopic (exact) mass is 456 g/mol. The number of aromatic nitrogens is 3. The van der Waals surface area contributed by atoms with Gasteiger partial charge in [-0.3, -0.25) is 0 Å². The summed E-state index contributed by atoms with van der Waals surface area (Å²) in [5, 5.41) is 4.40. The maximum Gasteiger partial charge on any atom is 0.244 e. The lowest BCUT2D eigenvalue weighted by Gasteiger charge is -2.20. The van der Waals surface area contributed by atoms with Crippen molar-refractivity contribution in [2.75, 3.05) is 0 Å². The number of hydrogen-bond acceptors (Lipinski definition) is 4. The lowest BCUT2D eigenvalue weighted by molar-refractivity contribution is 0.558. The van der Waals surface area contributed by atoms with Gasteiger partial charge in [-0.05, 0) is 36.8 Å². The summed E-state index contributed by atoms with van der Waals surface area (Å²) in [5.41, 5.74) is 1.13. The van der Waals surface area contributed by atoms with Gasteiger partial charge in [0.15, 0.2) is 5.82 Å². The van der Waals surface area contributed by atoms with E-state index < -0.39 is 21.9 Å². The topological polar surface area (TPSA) is 76.9 Å². The number of benzene rings is 2. The Labute approximate surface area is 184 Å². The van der Waals surface area contributed by atoms with Crippen molar-refractivity contribution in [2.45, 2.75) is 17.9 Å². The first-order valence-corrected chi connectivity index (χ1v) is 11.2. The highest BCUT2D eigenvalue weighted by molar-refractivity contribution is 7.89. The van der Waals surface area contributed by atoms with E-state index in [0.717, 1.165) is 6.07 Å². The van der Waals surface area contributed by atoms with Gasteiger partial charge in [0.2, 0.25) is 10.0 Å². The number of sulfonamides is 1. The quantitative estimate of drug-likeness (QED) is 0.465. The standard InChI is InChI=1S/C22H18ClFN4O2S/c1-15-20(14-26-28(15)21-9-5-6-12-25-21)31(29,30)27-22(16-7-3-2-4-8-16)18-11-10-17(23)13-19(18)24/h2-14,22,27H,1H3. The number of rotatable bonds is 6. The molecule has 2 aromatic carbocycles. The van der Waals surface area contributed by atoms with Crippen molar-refractivity contribution >= 4 is 21.6 Å². The zero-order valence-corrected chi connectivity index (χ0v) is 18.0. The molecule has 0 bridgehead atoms. The lowest BCUT2D eigenvalue weighted by atomic mass is 9.99. The molecule has 0 aliphatic carbocycles. The molecule has 158 valence electrons. The second-order valence-electron chi connectivity index (χ2n) is 6.82. The van der Waals surface area contributed by atoms with Gasteiger partial charge in [-0.2, -0.15) is 9.82 Å². The highest BCUT2D eigenvalue weighted by Crippen LogP contribution is 2.29. The summed E-state index contributed by atoms with van der Waals surface area (Å²) < 4.78 is 45.4. The van der Waals surface area contributed by atoms with E-state index in [1.54, 1.807) is 61.7 Å². The third kappa shape index (κ3) is 4.36. The number of nitrogens with one attached hydrogen (secondary N) is 1. The normalized spacial score (nSPS) is 12.6. The van der Waals surface area contributed by atoms with Crippen molar-refractivity contribution < 1.29 is 12.8 Å². The third-order valence-electron chi connectivity index (χ3n) is 4.80. The van der Waals surface area contributed by atoms with Gasteiger partial charge in [0.25, 0.3) is 0 Å². The van der Waals surface area contributed by atoms with E-state index in [0.29, 0.717) is 17.1 Å². The summed E-state index contributed by atoms with van der Waals surface area (Å²) in [5.74, 6) is -0.116. The minimum atomic E-state index is -4.06. The number of pyridine rings is 1. The fourth-order valence-electron chi connectivity index (χ4n) is 3.28. The summed E-state index contributed by atoms with van der Waals surface area (Å²) in [7, 11) is -4.06. The molecule has 4 aromatic rings. The molecule has 0 spiro atoms. The van der Waals surface area contributed by atoms with Crippen LogP contribution in [0.15, 0.2) is 84.0 Å². The first-order chi connectivity index (χ1) is 14.9. The second-order valence-corrected chi connectivity index (χ2v) is 8.94.